The topological polar surface area (TPSA) is 126 Å². The maximum Gasteiger partial charge on any atom is 0.352 e. The number of aryl methyl sites for hydroxylation is 1. The molecule has 3 aromatic rings. The molecule has 11 nitrogen and oxygen atoms in total. The van der Waals surface area contributed by atoms with Crippen LogP contribution in [0.25, 0.3) is 0 Å². The van der Waals surface area contributed by atoms with Crippen molar-refractivity contribution in [2.24, 2.45) is 7.05 Å². The molecular weight excluding hydrogens is 502 g/mol. The summed E-state index contributed by atoms with van der Waals surface area (Å²) < 4.78 is 8.77. The fourth-order valence-electron chi connectivity index (χ4n) is 4.07. The Morgan fingerprint density at radius 2 is 2.03 bits per heavy atom. The number of benzene rings is 1. The van der Waals surface area contributed by atoms with Crippen molar-refractivity contribution in [1.29, 1.82) is 0 Å². The van der Waals surface area contributed by atoms with E-state index >= 15 is 0 Å². The van der Waals surface area contributed by atoms with Gasteiger partial charge in [0.05, 0.1) is 7.11 Å². The number of methoxy groups -OCH3 is 1. The number of pyridine rings is 1. The number of aromatic nitrogens is 5. The lowest BCUT2D eigenvalue weighted by molar-refractivity contribution is -0.688. The van der Waals surface area contributed by atoms with Crippen LogP contribution in [0.2, 0.25) is 0 Å². The van der Waals surface area contributed by atoms with Crippen molar-refractivity contribution >= 4 is 41.1 Å². The van der Waals surface area contributed by atoms with Gasteiger partial charge in [-0.1, -0.05) is 11.8 Å². The molecule has 0 aliphatic carbocycles. The molecule has 13 heteroatoms. The highest BCUT2D eigenvalue weighted by Crippen LogP contribution is 2.42. The second-order valence-electron chi connectivity index (χ2n) is 8.27. The maximum absolute atomic E-state index is 13.0. The van der Waals surface area contributed by atoms with Crippen LogP contribution in [-0.2, 0) is 23.2 Å². The number of fused-ring (bicyclic) bond motifs is 1. The van der Waals surface area contributed by atoms with Crippen molar-refractivity contribution in [3.63, 3.8) is 0 Å². The molecule has 2 aromatic heterocycles. The number of nitrogens with zero attached hydrogens (tertiary/aromatic N) is 6. The molecule has 2 aliphatic heterocycles. The molecule has 2 N–H and O–H groups in total. The number of hydrogen-bond donors (Lipinski definition) is 2. The number of carboxylic acid groups (broad SMARTS) is 1. The van der Waals surface area contributed by atoms with Gasteiger partial charge in [-0.3, -0.25) is 9.69 Å². The van der Waals surface area contributed by atoms with Crippen LogP contribution in [0.5, 0.6) is 5.75 Å². The fraction of sp³-hybridized carbons (Fsp3) is 0.304. The third kappa shape index (κ3) is 4.75. The molecule has 4 heterocycles. The molecule has 1 saturated heterocycles. The predicted octanol–water partition coefficient (Wildman–Crippen LogP) is 1.38. The summed E-state index contributed by atoms with van der Waals surface area (Å²) in [5.41, 5.74) is 2.69. The third-order valence-corrected chi connectivity index (χ3v) is 8.38. The van der Waals surface area contributed by atoms with Crippen molar-refractivity contribution in [2.45, 2.75) is 23.1 Å². The largest absolute Gasteiger partial charge is 0.497 e. The standard InChI is InChI=1S/C23H23N7O4S2/c1-28-23(25-26-27-28)36-13-15-12-35-21-18(20(31)30(21)19(15)22(32)33)24-16-7-9-29(10-8-16)11-14-3-5-17(34-2)6-4-14/h3-10,18,21H,11-13H2,1-2H3,(H,32,33)/p+1/t18-,21-/m1/s1. The van der Waals surface area contributed by atoms with E-state index in [2.05, 4.69) is 20.8 Å². The molecule has 36 heavy (non-hydrogen) atoms. The normalized spacial score (nSPS) is 19.1. The molecule has 2 aliphatic rings. The van der Waals surface area contributed by atoms with Crippen molar-refractivity contribution < 1.29 is 24.0 Å². The predicted molar refractivity (Wildman–Crippen MR) is 133 cm³/mol. The molecule has 186 valence electrons. The van der Waals surface area contributed by atoms with Gasteiger partial charge in [0.1, 0.15) is 22.9 Å². The first-order valence-corrected chi connectivity index (χ1v) is 13.1. The van der Waals surface area contributed by atoms with E-state index in [0.717, 1.165) is 17.0 Å². The Morgan fingerprint density at radius 1 is 1.28 bits per heavy atom. The zero-order valence-electron chi connectivity index (χ0n) is 19.6. The summed E-state index contributed by atoms with van der Waals surface area (Å²) in [5.74, 6) is 0.381. The van der Waals surface area contributed by atoms with Gasteiger partial charge in [0.25, 0.3) is 5.91 Å². The fourth-order valence-corrected chi connectivity index (χ4v) is 6.40. The van der Waals surface area contributed by atoms with E-state index in [4.69, 9.17) is 4.74 Å². The summed E-state index contributed by atoms with van der Waals surface area (Å²) in [6.45, 7) is 0.705. The van der Waals surface area contributed by atoms with Gasteiger partial charge in [-0.05, 0) is 40.3 Å². The lowest BCUT2D eigenvalue weighted by atomic mass is 10.0. The zero-order chi connectivity index (χ0) is 25.2. The number of rotatable bonds is 9. The SMILES string of the molecule is COc1ccc(C[n+]2ccc(N[C@@H]3C(=O)N4C(C(=O)O)=C(CSc5nnnn5C)CS[C@H]34)cc2)cc1. The van der Waals surface area contributed by atoms with Gasteiger partial charge >= 0.3 is 5.97 Å². The molecule has 1 fully saturated rings. The minimum atomic E-state index is -1.10. The number of nitrogens with one attached hydrogen (secondary N) is 1. The number of tetrazole rings is 1. The van der Waals surface area contributed by atoms with Crippen molar-refractivity contribution in [3.05, 3.63) is 65.6 Å². The minimum absolute atomic E-state index is 0.0647. The van der Waals surface area contributed by atoms with E-state index in [0.29, 0.717) is 28.8 Å². The highest BCUT2D eigenvalue weighted by atomic mass is 32.2. The van der Waals surface area contributed by atoms with Crippen LogP contribution < -0.4 is 14.6 Å². The number of β-lactam (4-membered cyclic amide) rings is 1. The number of amides is 1. The van der Waals surface area contributed by atoms with E-state index in [1.165, 1.54) is 21.3 Å². The first kappa shape index (κ1) is 24.1. The van der Waals surface area contributed by atoms with Crippen LogP contribution in [0.1, 0.15) is 5.56 Å². The van der Waals surface area contributed by atoms with Gasteiger partial charge in [-0.15, -0.1) is 16.9 Å². The second-order valence-corrected chi connectivity index (χ2v) is 10.3. The minimum Gasteiger partial charge on any atom is -0.497 e. The van der Waals surface area contributed by atoms with Crippen LogP contribution in [0.3, 0.4) is 0 Å². The quantitative estimate of drug-likeness (QED) is 0.240. The Hall–Kier alpha value is -3.58. The number of aliphatic carboxylic acids is 1. The first-order chi connectivity index (χ1) is 17.4. The molecule has 0 bridgehead atoms. The van der Waals surface area contributed by atoms with E-state index in [-0.39, 0.29) is 17.0 Å². The Bertz CT molecular complexity index is 1310. The van der Waals surface area contributed by atoms with Crippen molar-refractivity contribution in [1.82, 2.24) is 25.1 Å². The van der Waals surface area contributed by atoms with Gasteiger partial charge in [0.2, 0.25) is 5.16 Å². The summed E-state index contributed by atoms with van der Waals surface area (Å²) in [5, 5.41) is 24.8. The third-order valence-electron chi connectivity index (χ3n) is 5.94. The maximum atomic E-state index is 13.0. The summed E-state index contributed by atoms with van der Waals surface area (Å²) in [6, 6.07) is 11.2. The van der Waals surface area contributed by atoms with E-state index in [1.54, 1.807) is 25.9 Å². The van der Waals surface area contributed by atoms with Gasteiger partial charge in [-0.25, -0.2) is 14.0 Å². The molecule has 2 atom stereocenters. The Morgan fingerprint density at radius 3 is 2.67 bits per heavy atom. The zero-order valence-corrected chi connectivity index (χ0v) is 21.2. The van der Waals surface area contributed by atoms with Gasteiger partial charge in [-0.2, -0.15) is 0 Å². The molecular formula is C23H24N7O4S2+. The number of thioether (sulfide) groups is 2. The van der Waals surface area contributed by atoms with Gasteiger partial charge in [0, 0.05) is 41.9 Å². The van der Waals surface area contributed by atoms with E-state index < -0.39 is 12.0 Å². The molecule has 0 spiro atoms. The van der Waals surface area contributed by atoms with Crippen LogP contribution >= 0.6 is 23.5 Å². The number of hydrogen-bond acceptors (Lipinski definition) is 9. The Labute approximate surface area is 215 Å². The number of anilines is 1. The van der Waals surface area contributed by atoms with Crippen molar-refractivity contribution in [3.8, 4) is 5.75 Å². The Balaban J connectivity index is 1.23. The lowest BCUT2D eigenvalue weighted by Crippen LogP contribution is -2.67. The molecule has 1 aromatic carbocycles. The number of carbonyl (C=O) groups is 2. The van der Waals surface area contributed by atoms with E-state index in [1.807, 2.05) is 53.4 Å². The monoisotopic (exact) mass is 526 g/mol. The first-order valence-electron chi connectivity index (χ1n) is 11.1. The average molecular weight is 527 g/mol. The molecule has 0 unspecified atom stereocenters. The molecule has 5 rings (SSSR count). The summed E-state index contributed by atoms with van der Waals surface area (Å²) in [6.07, 6.45) is 3.89. The van der Waals surface area contributed by atoms with Gasteiger partial charge in [0.15, 0.2) is 18.9 Å². The highest BCUT2D eigenvalue weighted by Gasteiger charge is 2.53. The van der Waals surface area contributed by atoms with Gasteiger partial charge < -0.3 is 15.2 Å². The second kappa shape index (κ2) is 10.2. The van der Waals surface area contributed by atoms with Crippen LogP contribution in [0, 0.1) is 0 Å². The summed E-state index contributed by atoms with van der Waals surface area (Å²) >= 11 is 2.90. The number of ether oxygens (including phenoxy) is 1. The van der Waals surface area contributed by atoms with Crippen LogP contribution in [-0.4, -0.2) is 72.1 Å². The Kier molecular flexibility index (Phi) is 6.83. The van der Waals surface area contributed by atoms with Crippen molar-refractivity contribution in [2.75, 3.05) is 23.9 Å². The molecule has 1 amide bonds. The lowest BCUT2D eigenvalue weighted by Gasteiger charge is -2.49. The summed E-state index contributed by atoms with van der Waals surface area (Å²) in [4.78, 5) is 26.5. The molecule has 0 saturated carbocycles. The van der Waals surface area contributed by atoms with E-state index in [9.17, 15) is 14.7 Å². The smallest absolute Gasteiger partial charge is 0.352 e. The van der Waals surface area contributed by atoms with Crippen LogP contribution in [0.15, 0.2) is 65.2 Å². The number of carbonyl (C=O) groups excluding carboxylic acids is 1. The summed E-state index contributed by atoms with van der Waals surface area (Å²) in [7, 11) is 3.36. The average Bonchev–Trinajstić information content (AvgIpc) is 3.31. The molecule has 0 radical (unpaired) electrons. The highest BCUT2D eigenvalue weighted by molar-refractivity contribution is 8.01. The van der Waals surface area contributed by atoms with Crippen LogP contribution in [0.4, 0.5) is 5.69 Å². The number of carboxylic acids is 1.